The number of nitrogen functional groups attached to an aromatic ring is 1. The molecule has 0 unspecified atom stereocenters. The van der Waals surface area contributed by atoms with Crippen molar-refractivity contribution in [1.82, 2.24) is 9.78 Å². The summed E-state index contributed by atoms with van der Waals surface area (Å²) >= 11 is 0. The first kappa shape index (κ1) is 11.7. The largest absolute Gasteiger partial charge is 0.382 e. The molecule has 6 nitrogen and oxygen atoms in total. The van der Waals surface area contributed by atoms with Crippen LogP contribution in [0.15, 0.2) is 6.07 Å². The lowest BCUT2D eigenvalue weighted by Gasteiger charge is -2.08. The zero-order valence-electron chi connectivity index (χ0n) is 8.76. The Labute approximate surface area is 88.0 Å². The predicted octanol–water partition coefficient (Wildman–Crippen LogP) is 0.231. The summed E-state index contributed by atoms with van der Waals surface area (Å²) in [5.41, 5.74) is 5.42. The zero-order valence-corrected chi connectivity index (χ0v) is 9.58. The summed E-state index contributed by atoms with van der Waals surface area (Å²) in [6.45, 7) is 3.57. The molecule has 0 fully saturated rings. The van der Waals surface area contributed by atoms with Gasteiger partial charge in [0, 0.05) is 18.4 Å². The molecule has 0 aliphatic carbocycles. The lowest BCUT2D eigenvalue weighted by atomic mass is 10.3. The molecule has 15 heavy (non-hydrogen) atoms. The smallest absolute Gasteiger partial charge is 0.294 e. The number of carbonyl (C=O) groups is 1. The van der Waals surface area contributed by atoms with E-state index in [0.717, 1.165) is 6.26 Å². The standard InChI is InChI=1S/C8H13N3O3S/c1-5(2)11-6(4-7(9)10-11)8(12)15(3,13)14/h4-5H,1-3H3,(H2,9,10). The van der Waals surface area contributed by atoms with E-state index in [1.165, 1.54) is 10.7 Å². The van der Waals surface area contributed by atoms with Crippen molar-refractivity contribution in [3.63, 3.8) is 0 Å². The fourth-order valence-corrected chi connectivity index (χ4v) is 1.68. The maximum Gasteiger partial charge on any atom is 0.294 e. The molecule has 0 radical (unpaired) electrons. The van der Waals surface area contributed by atoms with Crippen molar-refractivity contribution in [3.8, 4) is 0 Å². The Morgan fingerprint density at radius 2 is 2.07 bits per heavy atom. The van der Waals surface area contributed by atoms with Crippen molar-refractivity contribution in [2.45, 2.75) is 19.9 Å². The first-order valence-corrected chi connectivity index (χ1v) is 6.22. The van der Waals surface area contributed by atoms with E-state index in [0.29, 0.717) is 0 Å². The molecular formula is C8H13N3O3S. The monoisotopic (exact) mass is 231 g/mol. The average Bonchev–Trinajstić information content (AvgIpc) is 2.44. The van der Waals surface area contributed by atoms with E-state index in [-0.39, 0.29) is 17.6 Å². The van der Waals surface area contributed by atoms with Gasteiger partial charge in [-0.15, -0.1) is 0 Å². The first-order valence-electron chi connectivity index (χ1n) is 4.33. The van der Waals surface area contributed by atoms with Gasteiger partial charge in [-0.1, -0.05) is 0 Å². The molecule has 0 spiro atoms. The van der Waals surface area contributed by atoms with Crippen molar-refractivity contribution >= 4 is 20.8 Å². The van der Waals surface area contributed by atoms with E-state index in [9.17, 15) is 13.2 Å². The minimum atomic E-state index is -3.75. The van der Waals surface area contributed by atoms with Crippen LogP contribution in [0.4, 0.5) is 5.82 Å². The molecule has 1 heterocycles. The van der Waals surface area contributed by atoms with Gasteiger partial charge in [0.1, 0.15) is 11.5 Å². The minimum absolute atomic E-state index is 0.00463. The van der Waals surface area contributed by atoms with Crippen molar-refractivity contribution < 1.29 is 13.2 Å². The van der Waals surface area contributed by atoms with Gasteiger partial charge in [-0.2, -0.15) is 5.10 Å². The predicted molar refractivity (Wildman–Crippen MR) is 56.2 cm³/mol. The number of anilines is 1. The Hall–Kier alpha value is -1.37. The van der Waals surface area contributed by atoms with Gasteiger partial charge in [0.05, 0.1) is 0 Å². The van der Waals surface area contributed by atoms with Crippen molar-refractivity contribution in [2.75, 3.05) is 12.0 Å². The Bertz CT molecular complexity index is 487. The fourth-order valence-electron chi connectivity index (χ4n) is 1.15. The number of sulfone groups is 1. The Balaban J connectivity index is 3.32. The number of rotatable bonds is 2. The summed E-state index contributed by atoms with van der Waals surface area (Å²) in [7, 11) is -3.75. The molecule has 2 N–H and O–H groups in total. The number of nitrogens with two attached hydrogens (primary N) is 1. The molecule has 7 heteroatoms. The summed E-state index contributed by atoms with van der Waals surface area (Å²) < 4.78 is 23.5. The second kappa shape index (κ2) is 3.65. The van der Waals surface area contributed by atoms with Crippen LogP contribution in [0.2, 0.25) is 0 Å². The van der Waals surface area contributed by atoms with E-state index >= 15 is 0 Å². The van der Waals surface area contributed by atoms with Gasteiger partial charge in [0.15, 0.2) is 0 Å². The molecule has 0 saturated heterocycles. The van der Waals surface area contributed by atoms with Crippen LogP contribution in [0, 0.1) is 0 Å². The van der Waals surface area contributed by atoms with Gasteiger partial charge in [-0.3, -0.25) is 9.48 Å². The van der Waals surface area contributed by atoms with Gasteiger partial charge < -0.3 is 5.73 Å². The lowest BCUT2D eigenvalue weighted by molar-refractivity contribution is 0.106. The van der Waals surface area contributed by atoms with Crippen molar-refractivity contribution in [3.05, 3.63) is 11.8 Å². The molecule has 0 bridgehead atoms. The molecule has 0 aliphatic rings. The number of carbonyl (C=O) groups excluding carboxylic acids is 1. The van der Waals surface area contributed by atoms with Crippen LogP contribution in [-0.2, 0) is 9.84 Å². The van der Waals surface area contributed by atoms with Gasteiger partial charge >= 0.3 is 0 Å². The third-order valence-corrected chi connectivity index (χ3v) is 2.67. The number of aromatic nitrogens is 2. The Morgan fingerprint density at radius 1 is 1.53 bits per heavy atom. The summed E-state index contributed by atoms with van der Waals surface area (Å²) in [5.74, 6) is 0.135. The molecule has 0 saturated carbocycles. The van der Waals surface area contributed by atoms with E-state index in [4.69, 9.17) is 5.73 Å². The topological polar surface area (TPSA) is 95.1 Å². The molecule has 1 aromatic heterocycles. The third-order valence-electron chi connectivity index (χ3n) is 1.79. The molecule has 84 valence electrons. The third kappa shape index (κ3) is 2.35. The second-order valence-electron chi connectivity index (χ2n) is 3.55. The van der Waals surface area contributed by atoms with E-state index in [1.54, 1.807) is 13.8 Å². The number of hydrogen-bond acceptors (Lipinski definition) is 5. The van der Waals surface area contributed by atoms with Crippen molar-refractivity contribution in [2.24, 2.45) is 0 Å². The van der Waals surface area contributed by atoms with Gasteiger partial charge in [0.25, 0.3) is 5.12 Å². The maximum absolute atomic E-state index is 11.5. The Morgan fingerprint density at radius 3 is 2.47 bits per heavy atom. The number of hydrogen-bond donors (Lipinski definition) is 1. The molecule has 0 aromatic carbocycles. The van der Waals surface area contributed by atoms with Crippen LogP contribution in [-0.4, -0.2) is 29.6 Å². The minimum Gasteiger partial charge on any atom is -0.382 e. The second-order valence-corrected chi connectivity index (χ2v) is 5.47. The average molecular weight is 231 g/mol. The van der Waals surface area contributed by atoms with Gasteiger partial charge in [-0.25, -0.2) is 8.42 Å². The van der Waals surface area contributed by atoms with Crippen LogP contribution in [0.25, 0.3) is 0 Å². The summed E-state index contributed by atoms with van der Waals surface area (Å²) in [6.07, 6.45) is 0.864. The molecule has 0 atom stereocenters. The Kier molecular flexibility index (Phi) is 2.85. The highest BCUT2D eigenvalue weighted by Gasteiger charge is 2.24. The molecule has 1 rings (SSSR count). The van der Waals surface area contributed by atoms with Gasteiger partial charge in [-0.05, 0) is 13.8 Å². The molecule has 0 aliphatic heterocycles. The van der Waals surface area contributed by atoms with Crippen LogP contribution < -0.4 is 5.73 Å². The quantitative estimate of drug-likeness (QED) is 0.786. The number of nitrogens with zero attached hydrogens (tertiary/aromatic N) is 2. The fraction of sp³-hybridized carbons (Fsp3) is 0.500. The van der Waals surface area contributed by atoms with Gasteiger partial charge in [0.2, 0.25) is 9.84 Å². The highest BCUT2D eigenvalue weighted by Crippen LogP contribution is 2.14. The van der Waals surface area contributed by atoms with E-state index in [1.807, 2.05) is 0 Å². The molecule has 1 aromatic rings. The first-order chi connectivity index (χ1) is 6.73. The summed E-state index contributed by atoms with van der Waals surface area (Å²) in [4.78, 5) is 11.5. The van der Waals surface area contributed by atoms with Crippen LogP contribution in [0.3, 0.4) is 0 Å². The lowest BCUT2D eigenvalue weighted by Crippen LogP contribution is -2.19. The van der Waals surface area contributed by atoms with Crippen LogP contribution in [0.1, 0.15) is 30.4 Å². The highest BCUT2D eigenvalue weighted by molar-refractivity contribution is 8.06. The highest BCUT2D eigenvalue weighted by atomic mass is 32.2. The van der Waals surface area contributed by atoms with Crippen LogP contribution in [0.5, 0.6) is 0 Å². The maximum atomic E-state index is 11.5. The normalized spacial score (nSPS) is 12.0. The van der Waals surface area contributed by atoms with E-state index < -0.39 is 15.0 Å². The SMILES string of the molecule is CC(C)n1nc(N)cc1C(=O)S(C)(=O)=O. The zero-order chi connectivity index (χ0) is 11.8. The summed E-state index contributed by atoms with van der Waals surface area (Å²) in [5, 5.41) is 2.90. The van der Waals surface area contributed by atoms with E-state index in [2.05, 4.69) is 5.10 Å². The van der Waals surface area contributed by atoms with Crippen LogP contribution >= 0.6 is 0 Å². The molecule has 0 amide bonds. The summed E-state index contributed by atoms with van der Waals surface area (Å²) in [6, 6.07) is 1.15. The van der Waals surface area contributed by atoms with Crippen molar-refractivity contribution in [1.29, 1.82) is 0 Å². The molecular weight excluding hydrogens is 218 g/mol.